The molecule has 0 saturated heterocycles. The van der Waals surface area contributed by atoms with Crippen molar-refractivity contribution in [3.63, 3.8) is 0 Å². The van der Waals surface area contributed by atoms with Gasteiger partial charge in [-0.25, -0.2) is 4.39 Å². The Labute approximate surface area is 102 Å². The highest BCUT2D eigenvalue weighted by molar-refractivity contribution is 5.97. The van der Waals surface area contributed by atoms with E-state index >= 15 is 0 Å². The van der Waals surface area contributed by atoms with Crippen LogP contribution in [0.25, 0.3) is 0 Å². The van der Waals surface area contributed by atoms with E-state index in [9.17, 15) is 9.18 Å². The maximum absolute atomic E-state index is 13.4. The van der Waals surface area contributed by atoms with E-state index in [1.54, 1.807) is 18.2 Å². The molecule has 0 aliphatic carbocycles. The molecule has 0 spiro atoms. The summed E-state index contributed by atoms with van der Waals surface area (Å²) in [4.78, 5) is 14.0. The van der Waals surface area contributed by atoms with Crippen molar-refractivity contribution in [2.75, 3.05) is 19.6 Å². The lowest BCUT2D eigenvalue weighted by atomic mass is 10.1. The highest BCUT2D eigenvalue weighted by Crippen LogP contribution is 2.08. The van der Waals surface area contributed by atoms with E-state index in [2.05, 4.69) is 18.7 Å². The molecule has 1 aromatic rings. The van der Waals surface area contributed by atoms with Crippen molar-refractivity contribution < 1.29 is 9.18 Å². The van der Waals surface area contributed by atoms with Crippen LogP contribution in [0.3, 0.4) is 0 Å². The van der Waals surface area contributed by atoms with E-state index in [0.29, 0.717) is 6.54 Å². The second-order valence-electron chi connectivity index (χ2n) is 4.18. The van der Waals surface area contributed by atoms with Gasteiger partial charge in [-0.3, -0.25) is 9.69 Å². The molecule has 0 amide bonds. The molecular weight excluding hydrogens is 217 g/mol. The van der Waals surface area contributed by atoms with Crippen LogP contribution >= 0.6 is 0 Å². The number of rotatable bonds is 7. The van der Waals surface area contributed by atoms with E-state index in [0.717, 1.165) is 25.9 Å². The molecule has 0 atom stereocenters. The molecule has 0 fully saturated rings. The van der Waals surface area contributed by atoms with Gasteiger partial charge in [-0.05, 0) is 38.1 Å². The first kappa shape index (κ1) is 13.8. The lowest BCUT2D eigenvalue weighted by Gasteiger charge is -2.19. The predicted octanol–water partition coefficient (Wildman–Crippen LogP) is 3.13. The molecule has 1 rings (SSSR count). The van der Waals surface area contributed by atoms with Gasteiger partial charge in [-0.1, -0.05) is 26.0 Å². The first-order valence-corrected chi connectivity index (χ1v) is 6.19. The van der Waals surface area contributed by atoms with Gasteiger partial charge < -0.3 is 0 Å². The molecule has 3 heteroatoms. The normalized spacial score (nSPS) is 10.8. The van der Waals surface area contributed by atoms with Crippen molar-refractivity contribution in [3.05, 3.63) is 35.6 Å². The highest BCUT2D eigenvalue weighted by Gasteiger charge is 2.14. The highest BCUT2D eigenvalue weighted by atomic mass is 19.1. The molecule has 0 saturated carbocycles. The number of nitrogens with zero attached hydrogens (tertiary/aromatic N) is 1. The zero-order valence-corrected chi connectivity index (χ0v) is 10.6. The number of hydrogen-bond donors (Lipinski definition) is 0. The summed E-state index contributed by atoms with van der Waals surface area (Å²) in [5.41, 5.74) is 0.199. The largest absolute Gasteiger partial charge is 0.296 e. The summed E-state index contributed by atoms with van der Waals surface area (Å²) >= 11 is 0. The summed E-state index contributed by atoms with van der Waals surface area (Å²) in [6, 6.07) is 6.17. The molecule has 1 aromatic carbocycles. The summed E-state index contributed by atoms with van der Waals surface area (Å²) < 4.78 is 13.4. The third kappa shape index (κ3) is 4.27. The van der Waals surface area contributed by atoms with Crippen LogP contribution in [0.4, 0.5) is 4.39 Å². The number of ketones is 1. The van der Waals surface area contributed by atoms with Gasteiger partial charge in [0.15, 0.2) is 5.78 Å². The van der Waals surface area contributed by atoms with E-state index in [-0.39, 0.29) is 11.3 Å². The van der Waals surface area contributed by atoms with Gasteiger partial charge in [0.25, 0.3) is 0 Å². The molecule has 0 aliphatic heterocycles. The van der Waals surface area contributed by atoms with Gasteiger partial charge in [0.1, 0.15) is 5.82 Å². The lowest BCUT2D eigenvalue weighted by Crippen LogP contribution is -2.31. The Kier molecular flexibility index (Phi) is 5.84. The molecule has 2 nitrogen and oxygen atoms in total. The van der Waals surface area contributed by atoms with Crippen LogP contribution in [0.15, 0.2) is 24.3 Å². The number of hydrogen-bond acceptors (Lipinski definition) is 2. The van der Waals surface area contributed by atoms with Crippen molar-refractivity contribution in [3.8, 4) is 0 Å². The number of halogens is 1. The molecule has 0 heterocycles. The molecule has 17 heavy (non-hydrogen) atoms. The van der Waals surface area contributed by atoms with Gasteiger partial charge in [-0.15, -0.1) is 0 Å². The van der Waals surface area contributed by atoms with Crippen LogP contribution in [0, 0.1) is 5.82 Å². The summed E-state index contributed by atoms with van der Waals surface area (Å²) in [6.45, 7) is 6.23. The third-order valence-electron chi connectivity index (χ3n) is 2.62. The quantitative estimate of drug-likeness (QED) is 0.679. The maximum atomic E-state index is 13.4. The first-order chi connectivity index (χ1) is 8.19. The number of Topliss-reactive ketones (excluding diaryl/α,β-unsaturated/α-hetero) is 1. The summed E-state index contributed by atoms with van der Waals surface area (Å²) in [5, 5.41) is 0. The van der Waals surface area contributed by atoms with Crippen molar-refractivity contribution in [1.29, 1.82) is 0 Å². The van der Waals surface area contributed by atoms with Crippen LogP contribution < -0.4 is 0 Å². The van der Waals surface area contributed by atoms with E-state index in [4.69, 9.17) is 0 Å². The van der Waals surface area contributed by atoms with Crippen molar-refractivity contribution >= 4 is 5.78 Å². The van der Waals surface area contributed by atoms with E-state index in [1.165, 1.54) is 6.07 Å². The third-order valence-corrected chi connectivity index (χ3v) is 2.62. The zero-order chi connectivity index (χ0) is 12.7. The molecule has 0 radical (unpaired) electrons. The Morgan fingerprint density at radius 1 is 1.18 bits per heavy atom. The lowest BCUT2D eigenvalue weighted by molar-refractivity contribution is 0.0926. The molecule has 0 N–H and O–H groups in total. The second kappa shape index (κ2) is 7.17. The summed E-state index contributed by atoms with van der Waals surface area (Å²) in [7, 11) is 0. The van der Waals surface area contributed by atoms with Crippen LogP contribution in [0.5, 0.6) is 0 Å². The van der Waals surface area contributed by atoms with Crippen LogP contribution in [-0.4, -0.2) is 30.3 Å². The molecule has 0 unspecified atom stereocenters. The fourth-order valence-electron chi connectivity index (χ4n) is 1.88. The number of carbonyl (C=O) groups excluding carboxylic acids is 1. The molecule has 0 aliphatic rings. The topological polar surface area (TPSA) is 20.3 Å². The van der Waals surface area contributed by atoms with Gasteiger partial charge in [0, 0.05) is 0 Å². The van der Waals surface area contributed by atoms with Gasteiger partial charge in [-0.2, -0.15) is 0 Å². The minimum atomic E-state index is -0.426. The molecule has 94 valence electrons. The monoisotopic (exact) mass is 237 g/mol. The Morgan fingerprint density at radius 2 is 1.76 bits per heavy atom. The molecule has 0 aromatic heterocycles. The van der Waals surface area contributed by atoms with Crippen molar-refractivity contribution in [1.82, 2.24) is 4.90 Å². The van der Waals surface area contributed by atoms with Gasteiger partial charge >= 0.3 is 0 Å². The average Bonchev–Trinajstić information content (AvgIpc) is 2.30. The minimum absolute atomic E-state index is 0.134. The Hall–Kier alpha value is -1.22. The smallest absolute Gasteiger partial charge is 0.179 e. The Bertz CT molecular complexity index is 359. The first-order valence-electron chi connectivity index (χ1n) is 6.19. The van der Waals surface area contributed by atoms with Crippen LogP contribution in [-0.2, 0) is 0 Å². The fraction of sp³-hybridized carbons (Fsp3) is 0.500. The second-order valence-corrected chi connectivity index (χ2v) is 4.18. The summed E-state index contributed by atoms with van der Waals surface area (Å²) in [5.74, 6) is -0.560. The van der Waals surface area contributed by atoms with Crippen LogP contribution in [0.1, 0.15) is 37.0 Å². The average molecular weight is 237 g/mol. The maximum Gasteiger partial charge on any atom is 0.179 e. The van der Waals surface area contributed by atoms with Crippen molar-refractivity contribution in [2.24, 2.45) is 0 Å². The fourth-order valence-corrected chi connectivity index (χ4v) is 1.88. The molecule has 0 bridgehead atoms. The Balaban J connectivity index is 2.67. The molecular formula is C14H20FNO. The van der Waals surface area contributed by atoms with E-state index in [1.807, 2.05) is 0 Å². The zero-order valence-electron chi connectivity index (χ0n) is 10.6. The van der Waals surface area contributed by atoms with E-state index < -0.39 is 5.82 Å². The SMILES string of the molecule is CCCN(CCC)CC(=O)c1ccccc1F. The standard InChI is InChI=1S/C14H20FNO/c1-3-9-16(10-4-2)11-14(17)12-7-5-6-8-13(12)15/h5-8H,3-4,9-11H2,1-2H3. The predicted molar refractivity (Wildman–Crippen MR) is 67.8 cm³/mol. The number of benzene rings is 1. The Morgan fingerprint density at radius 3 is 2.29 bits per heavy atom. The minimum Gasteiger partial charge on any atom is -0.296 e. The van der Waals surface area contributed by atoms with Gasteiger partial charge in [0.05, 0.1) is 12.1 Å². The van der Waals surface area contributed by atoms with Gasteiger partial charge in [0.2, 0.25) is 0 Å². The van der Waals surface area contributed by atoms with Crippen molar-refractivity contribution in [2.45, 2.75) is 26.7 Å². The van der Waals surface area contributed by atoms with Crippen LogP contribution in [0.2, 0.25) is 0 Å². The number of carbonyl (C=O) groups is 1. The summed E-state index contributed by atoms with van der Waals surface area (Å²) in [6.07, 6.45) is 2.01.